The summed E-state index contributed by atoms with van der Waals surface area (Å²) >= 11 is 0. The third kappa shape index (κ3) is 5.84. The molecule has 1 aliphatic heterocycles. The van der Waals surface area contributed by atoms with E-state index < -0.39 is 20.4 Å². The first-order chi connectivity index (χ1) is 12.6. The van der Waals surface area contributed by atoms with E-state index in [-0.39, 0.29) is 30.3 Å². The molecule has 5 atom stereocenters. The number of ether oxygens (including phenoxy) is 1. The molecule has 0 aromatic heterocycles. The van der Waals surface area contributed by atoms with Crippen LogP contribution in [-0.4, -0.2) is 49.4 Å². The summed E-state index contributed by atoms with van der Waals surface area (Å²) < 4.78 is 20.9. The minimum absolute atomic E-state index is 0.0100. The molecule has 2 rings (SSSR count). The van der Waals surface area contributed by atoms with Gasteiger partial charge in [-0.25, -0.2) is 0 Å². The molecule has 1 heterocycles. The topological polar surface area (TPSA) is 78.8 Å². The number of aliphatic hydroxyl groups excluding tert-OH is 2. The summed E-state index contributed by atoms with van der Waals surface area (Å²) in [6.45, 7) is 6.93. The van der Waals surface area contributed by atoms with E-state index in [0.29, 0.717) is 12.1 Å². The van der Waals surface area contributed by atoms with Crippen LogP contribution in [0.4, 0.5) is 9.80 Å². The number of amides is 1. The van der Waals surface area contributed by atoms with E-state index in [2.05, 4.69) is 12.2 Å². The Morgan fingerprint density at radius 2 is 2.04 bits per heavy atom. The molecule has 1 aromatic rings. The summed E-state index contributed by atoms with van der Waals surface area (Å²) in [7, 11) is -2.88. The molecule has 1 saturated heterocycles. The number of hydrogen-bond donors (Lipinski definition) is 3. The zero-order valence-electron chi connectivity index (χ0n) is 16.6. The van der Waals surface area contributed by atoms with Gasteiger partial charge in [0.15, 0.2) is 0 Å². The molecule has 1 aliphatic rings. The van der Waals surface area contributed by atoms with E-state index in [9.17, 15) is 19.1 Å². The normalized spacial score (nSPS) is 26.8. The zero-order chi connectivity index (χ0) is 20.2. The fourth-order valence-electron chi connectivity index (χ4n) is 4.14. The molecule has 0 bridgehead atoms. The second-order valence-corrected chi connectivity index (χ2v) is 11.9. The molecule has 0 unspecified atom stereocenters. The van der Waals surface area contributed by atoms with Gasteiger partial charge < -0.3 is 24.4 Å². The fourth-order valence-corrected chi connectivity index (χ4v) is 6.73. The Labute approximate surface area is 162 Å². The van der Waals surface area contributed by atoms with Gasteiger partial charge in [0.05, 0.1) is 12.2 Å². The van der Waals surface area contributed by atoms with E-state index in [1.54, 1.807) is 19.2 Å². The van der Waals surface area contributed by atoms with Gasteiger partial charge in [0.25, 0.3) is 5.91 Å². The van der Waals surface area contributed by atoms with E-state index in [1.807, 2.05) is 18.2 Å². The van der Waals surface area contributed by atoms with Crippen LogP contribution in [0.5, 0.6) is 0 Å². The molecule has 27 heavy (non-hydrogen) atoms. The van der Waals surface area contributed by atoms with Gasteiger partial charge in [-0.3, -0.25) is 4.79 Å². The summed E-state index contributed by atoms with van der Waals surface area (Å²) in [5.74, 6) is -0.323. The van der Waals surface area contributed by atoms with Crippen molar-refractivity contribution in [3.8, 4) is 0 Å². The molecule has 1 aromatic carbocycles. The number of rotatable bonds is 8. The number of hydrogen-bond acceptors (Lipinski definition) is 4. The van der Waals surface area contributed by atoms with Gasteiger partial charge in [-0.05, 0) is 62.9 Å². The smallest absolute Gasteiger partial charge is 0.252 e. The Bertz CT molecular complexity index is 635. The first-order valence-electron chi connectivity index (χ1n) is 9.66. The molecule has 0 saturated carbocycles. The Balaban J connectivity index is 2.01. The second kappa shape index (κ2) is 9.27. The highest BCUT2D eigenvalue weighted by molar-refractivity contribution is 6.72. The monoisotopic (exact) mass is 397 g/mol. The lowest BCUT2D eigenvalue weighted by atomic mass is 9.95. The maximum atomic E-state index is 14.8. The van der Waals surface area contributed by atoms with Crippen molar-refractivity contribution < 1.29 is 23.9 Å². The van der Waals surface area contributed by atoms with E-state index >= 15 is 0 Å². The van der Waals surface area contributed by atoms with Crippen LogP contribution in [0.1, 0.15) is 32.3 Å². The highest BCUT2D eigenvalue weighted by atomic mass is 28.4. The lowest BCUT2D eigenvalue weighted by Crippen LogP contribution is -2.36. The molecule has 1 fully saturated rings. The van der Waals surface area contributed by atoms with Crippen LogP contribution in [0.3, 0.4) is 0 Å². The summed E-state index contributed by atoms with van der Waals surface area (Å²) in [4.78, 5) is 11.6. The highest BCUT2D eigenvalue weighted by Gasteiger charge is 2.50. The standard InChI is InChI=1S/C20H32FNO4Si/c1-13-17(26-18(10-11-23)19(13)27(3,4)21)9-8-15-6-5-7-16(12-15)22-20(25)14(2)24/h5-7,12-14,17-19,23-24H,8-11H2,1-4H3,(H,22,25)/t13-,14-,17+,18-,19+/m0/s1. The van der Waals surface area contributed by atoms with Crippen LogP contribution in [0.25, 0.3) is 0 Å². The minimum atomic E-state index is -2.88. The fraction of sp³-hybridized carbons (Fsp3) is 0.650. The van der Waals surface area contributed by atoms with Crippen LogP contribution in [0, 0.1) is 5.92 Å². The summed E-state index contributed by atoms with van der Waals surface area (Å²) in [6, 6.07) is 7.51. The van der Waals surface area contributed by atoms with E-state index in [4.69, 9.17) is 4.74 Å². The average Bonchev–Trinajstić information content (AvgIpc) is 2.89. The SMILES string of the molecule is C[C@@H]1[C@@H]([Si](C)(C)F)[C@H](CCO)O[C@@H]1CCc1cccc(NC(=O)[C@H](C)O)c1. The number of aryl methyl sites for hydroxylation is 1. The quantitative estimate of drug-likeness (QED) is 0.465. The largest absolute Gasteiger partial charge is 0.396 e. The van der Waals surface area contributed by atoms with Crippen LogP contribution >= 0.6 is 0 Å². The number of carbonyl (C=O) groups is 1. The predicted octanol–water partition coefficient (Wildman–Crippen LogP) is 3.27. The maximum Gasteiger partial charge on any atom is 0.252 e. The summed E-state index contributed by atoms with van der Waals surface area (Å²) in [5, 5.41) is 21.3. The molecule has 0 spiro atoms. The van der Waals surface area contributed by atoms with Crippen molar-refractivity contribution in [2.24, 2.45) is 5.92 Å². The molecule has 152 valence electrons. The lowest BCUT2D eigenvalue weighted by molar-refractivity contribution is -0.123. The first-order valence-corrected chi connectivity index (χ1v) is 12.6. The van der Waals surface area contributed by atoms with Gasteiger partial charge in [0.1, 0.15) is 6.10 Å². The Hall–Kier alpha value is -1.28. The van der Waals surface area contributed by atoms with Crippen LogP contribution in [0.2, 0.25) is 18.6 Å². The van der Waals surface area contributed by atoms with Crippen molar-refractivity contribution in [2.75, 3.05) is 11.9 Å². The van der Waals surface area contributed by atoms with Crippen molar-refractivity contribution in [1.82, 2.24) is 0 Å². The van der Waals surface area contributed by atoms with Crippen molar-refractivity contribution in [3.63, 3.8) is 0 Å². The van der Waals surface area contributed by atoms with Gasteiger partial charge in [0, 0.05) is 17.8 Å². The van der Waals surface area contributed by atoms with Gasteiger partial charge in [0.2, 0.25) is 8.41 Å². The van der Waals surface area contributed by atoms with Crippen LogP contribution in [0.15, 0.2) is 24.3 Å². The highest BCUT2D eigenvalue weighted by Crippen LogP contribution is 2.46. The van der Waals surface area contributed by atoms with Gasteiger partial charge in [-0.2, -0.15) is 0 Å². The molecular formula is C20H32FNO4Si. The van der Waals surface area contributed by atoms with Gasteiger partial charge in [-0.15, -0.1) is 0 Å². The molecule has 1 amide bonds. The van der Waals surface area contributed by atoms with Crippen molar-refractivity contribution >= 4 is 20.0 Å². The number of carbonyl (C=O) groups excluding carboxylic acids is 1. The number of benzene rings is 1. The van der Waals surface area contributed by atoms with E-state index in [0.717, 1.165) is 18.4 Å². The Morgan fingerprint density at radius 3 is 2.63 bits per heavy atom. The molecule has 0 aliphatic carbocycles. The van der Waals surface area contributed by atoms with Gasteiger partial charge >= 0.3 is 0 Å². The summed E-state index contributed by atoms with van der Waals surface area (Å²) in [5.41, 5.74) is 1.59. The molecule has 7 heteroatoms. The zero-order valence-corrected chi connectivity index (χ0v) is 17.6. The Kier molecular flexibility index (Phi) is 7.56. The van der Waals surface area contributed by atoms with Crippen molar-refractivity contribution in [1.29, 1.82) is 0 Å². The van der Waals surface area contributed by atoms with Crippen LogP contribution < -0.4 is 5.32 Å². The third-order valence-corrected chi connectivity index (χ3v) is 7.88. The number of anilines is 1. The van der Waals surface area contributed by atoms with E-state index in [1.165, 1.54) is 6.92 Å². The molecule has 0 radical (unpaired) electrons. The molecular weight excluding hydrogens is 365 g/mol. The second-order valence-electron chi connectivity index (χ2n) is 8.08. The Morgan fingerprint density at radius 1 is 1.33 bits per heavy atom. The van der Waals surface area contributed by atoms with Crippen molar-refractivity contribution in [2.45, 2.75) is 70.1 Å². The average molecular weight is 398 g/mol. The maximum absolute atomic E-state index is 14.8. The first kappa shape index (κ1) is 22.0. The van der Waals surface area contributed by atoms with Crippen LogP contribution in [-0.2, 0) is 16.0 Å². The van der Waals surface area contributed by atoms with Gasteiger partial charge in [-0.1, -0.05) is 19.1 Å². The number of halogens is 1. The third-order valence-electron chi connectivity index (χ3n) is 5.40. The molecule has 5 nitrogen and oxygen atoms in total. The minimum Gasteiger partial charge on any atom is -0.396 e. The number of aliphatic hydroxyl groups is 2. The molecule has 3 N–H and O–H groups in total. The number of nitrogens with one attached hydrogen (secondary N) is 1. The lowest BCUT2D eigenvalue weighted by Gasteiger charge is -2.28. The summed E-state index contributed by atoms with van der Waals surface area (Å²) in [6.07, 6.45) is 0.684. The van der Waals surface area contributed by atoms with Crippen molar-refractivity contribution in [3.05, 3.63) is 29.8 Å². The predicted molar refractivity (Wildman–Crippen MR) is 107 cm³/mol.